The molecule has 1 aromatic heterocycles. The third kappa shape index (κ3) is 3.43. The number of hydrogen-bond donors (Lipinski definition) is 1. The molecule has 2 heterocycles. The van der Waals surface area contributed by atoms with Gasteiger partial charge in [0.05, 0.1) is 5.56 Å². The minimum absolute atomic E-state index is 0.135. The largest absolute Gasteiger partial charge is 0.326 e. The van der Waals surface area contributed by atoms with Crippen LogP contribution in [0.1, 0.15) is 41.3 Å². The van der Waals surface area contributed by atoms with Crippen LogP contribution in [-0.4, -0.2) is 17.4 Å². The molecule has 0 atom stereocenters. The zero-order valence-electron chi connectivity index (χ0n) is 15.6. The molecule has 1 aliphatic rings. The molecule has 27 heavy (non-hydrogen) atoms. The Morgan fingerprint density at radius 2 is 1.81 bits per heavy atom. The van der Waals surface area contributed by atoms with Crippen LogP contribution in [0, 0.1) is 0 Å². The monoisotopic (exact) mass is 357 g/mol. The first-order valence-electron chi connectivity index (χ1n) is 9.35. The van der Waals surface area contributed by atoms with Crippen molar-refractivity contribution in [3.05, 3.63) is 83.6 Å². The molecule has 0 fully saturated rings. The predicted molar refractivity (Wildman–Crippen MR) is 110 cm³/mol. The molecule has 0 aliphatic carbocycles. The van der Waals surface area contributed by atoms with Gasteiger partial charge in [0.1, 0.15) is 5.82 Å². The number of pyridine rings is 1. The number of aromatic nitrogens is 1. The molecule has 0 saturated carbocycles. The highest BCUT2D eigenvalue weighted by atomic mass is 16.1. The van der Waals surface area contributed by atoms with Crippen molar-refractivity contribution < 1.29 is 4.79 Å². The summed E-state index contributed by atoms with van der Waals surface area (Å²) < 4.78 is 0. The van der Waals surface area contributed by atoms with E-state index in [-0.39, 0.29) is 5.91 Å². The Hall–Kier alpha value is -3.14. The number of para-hydroxylation sites is 2. The third-order valence-corrected chi connectivity index (χ3v) is 5.00. The molecule has 0 saturated heterocycles. The number of anilines is 3. The molecule has 0 bridgehead atoms. The smallest absolute Gasteiger partial charge is 0.257 e. The maximum Gasteiger partial charge on any atom is 0.257 e. The van der Waals surface area contributed by atoms with Gasteiger partial charge in [0.15, 0.2) is 0 Å². The minimum atomic E-state index is -0.135. The molecule has 4 heteroatoms. The number of nitrogens with one attached hydrogen (secondary N) is 1. The maximum atomic E-state index is 12.7. The molecule has 4 nitrogen and oxygen atoms in total. The lowest BCUT2D eigenvalue weighted by molar-refractivity contribution is 0.102. The predicted octanol–water partition coefficient (Wildman–Crippen LogP) is 5.15. The van der Waals surface area contributed by atoms with Crippen LogP contribution < -0.4 is 10.2 Å². The Labute approximate surface area is 159 Å². The van der Waals surface area contributed by atoms with Crippen molar-refractivity contribution in [2.75, 3.05) is 16.8 Å². The number of carbonyl (C=O) groups excluding carboxylic acids is 1. The summed E-state index contributed by atoms with van der Waals surface area (Å²) in [6, 6.07) is 20.1. The number of nitrogens with zero attached hydrogens (tertiary/aromatic N) is 2. The van der Waals surface area contributed by atoms with Crippen LogP contribution in [0.25, 0.3) is 0 Å². The summed E-state index contributed by atoms with van der Waals surface area (Å²) in [4.78, 5) is 19.4. The second kappa shape index (κ2) is 7.23. The van der Waals surface area contributed by atoms with Crippen molar-refractivity contribution in [2.45, 2.75) is 26.2 Å². The van der Waals surface area contributed by atoms with Gasteiger partial charge in [-0.2, -0.15) is 0 Å². The first-order valence-corrected chi connectivity index (χ1v) is 9.35. The Bertz CT molecular complexity index is 963. The van der Waals surface area contributed by atoms with E-state index in [1.165, 1.54) is 11.3 Å². The molecule has 1 N–H and O–H groups in total. The number of hydrogen-bond acceptors (Lipinski definition) is 3. The fraction of sp³-hybridized carbons (Fsp3) is 0.217. The van der Waals surface area contributed by atoms with Crippen LogP contribution in [0.5, 0.6) is 0 Å². The van der Waals surface area contributed by atoms with Gasteiger partial charge >= 0.3 is 0 Å². The standard InChI is InChI=1S/C23H23N3O/c1-16(2)19-8-4-5-9-20(19)25-23(27)18-11-12-22(24-15-18)26-14-13-17-7-3-6-10-21(17)26/h3-12,15-16H,13-14H2,1-2H3,(H,25,27). The average molecular weight is 357 g/mol. The zero-order valence-corrected chi connectivity index (χ0v) is 15.6. The summed E-state index contributed by atoms with van der Waals surface area (Å²) >= 11 is 0. The molecule has 1 aliphatic heterocycles. The van der Waals surface area contributed by atoms with E-state index in [0.29, 0.717) is 11.5 Å². The van der Waals surface area contributed by atoms with E-state index in [9.17, 15) is 4.79 Å². The number of rotatable bonds is 4. The van der Waals surface area contributed by atoms with Gasteiger partial charge in [-0.15, -0.1) is 0 Å². The molecule has 0 radical (unpaired) electrons. The topological polar surface area (TPSA) is 45.2 Å². The van der Waals surface area contributed by atoms with Gasteiger partial charge in [0.2, 0.25) is 0 Å². The van der Waals surface area contributed by atoms with E-state index in [2.05, 4.69) is 47.2 Å². The summed E-state index contributed by atoms with van der Waals surface area (Å²) in [7, 11) is 0. The van der Waals surface area contributed by atoms with Crippen LogP contribution in [-0.2, 0) is 6.42 Å². The average Bonchev–Trinajstić information content (AvgIpc) is 3.12. The first-order chi connectivity index (χ1) is 13.1. The van der Waals surface area contributed by atoms with E-state index in [0.717, 1.165) is 30.0 Å². The van der Waals surface area contributed by atoms with Crippen LogP contribution in [0.15, 0.2) is 66.9 Å². The number of benzene rings is 2. The van der Waals surface area contributed by atoms with Crippen molar-refractivity contribution in [3.8, 4) is 0 Å². The van der Waals surface area contributed by atoms with Crippen molar-refractivity contribution in [1.82, 2.24) is 4.98 Å². The Kier molecular flexibility index (Phi) is 4.63. The quantitative estimate of drug-likeness (QED) is 0.702. The number of fused-ring (bicyclic) bond motifs is 1. The second-order valence-electron chi connectivity index (χ2n) is 7.13. The first kappa shape index (κ1) is 17.3. The highest BCUT2D eigenvalue weighted by molar-refractivity contribution is 6.04. The molecule has 0 unspecified atom stereocenters. The molecule has 2 aromatic carbocycles. The van der Waals surface area contributed by atoms with Gasteiger partial charge in [-0.05, 0) is 47.7 Å². The van der Waals surface area contributed by atoms with Crippen molar-refractivity contribution in [3.63, 3.8) is 0 Å². The van der Waals surface area contributed by atoms with Gasteiger partial charge in [0.25, 0.3) is 5.91 Å². The van der Waals surface area contributed by atoms with Crippen LogP contribution >= 0.6 is 0 Å². The second-order valence-corrected chi connectivity index (χ2v) is 7.13. The normalized spacial score (nSPS) is 12.9. The van der Waals surface area contributed by atoms with E-state index in [4.69, 9.17) is 0 Å². The van der Waals surface area contributed by atoms with Gasteiger partial charge < -0.3 is 10.2 Å². The SMILES string of the molecule is CC(C)c1ccccc1NC(=O)c1ccc(N2CCc3ccccc32)nc1. The van der Waals surface area contributed by atoms with Gasteiger partial charge in [-0.3, -0.25) is 4.79 Å². The molecule has 4 rings (SSSR count). The lowest BCUT2D eigenvalue weighted by Crippen LogP contribution is -2.17. The molecular weight excluding hydrogens is 334 g/mol. The summed E-state index contributed by atoms with van der Waals surface area (Å²) in [5.74, 6) is 1.08. The molecular formula is C23H23N3O. The van der Waals surface area contributed by atoms with E-state index in [1.54, 1.807) is 6.20 Å². The van der Waals surface area contributed by atoms with Crippen molar-refractivity contribution >= 4 is 23.1 Å². The fourth-order valence-electron chi connectivity index (χ4n) is 3.57. The Balaban J connectivity index is 1.52. The lowest BCUT2D eigenvalue weighted by Gasteiger charge is -2.18. The zero-order chi connectivity index (χ0) is 18.8. The van der Waals surface area contributed by atoms with Gasteiger partial charge in [-0.25, -0.2) is 4.98 Å². The number of amides is 1. The summed E-state index contributed by atoms with van der Waals surface area (Å²) in [6.07, 6.45) is 2.68. The summed E-state index contributed by atoms with van der Waals surface area (Å²) in [5.41, 5.74) is 5.09. The van der Waals surface area contributed by atoms with Crippen LogP contribution in [0.4, 0.5) is 17.2 Å². The highest BCUT2D eigenvalue weighted by Gasteiger charge is 2.21. The van der Waals surface area contributed by atoms with Crippen LogP contribution in [0.2, 0.25) is 0 Å². The van der Waals surface area contributed by atoms with Crippen molar-refractivity contribution in [2.24, 2.45) is 0 Å². The van der Waals surface area contributed by atoms with E-state index in [1.807, 2.05) is 42.5 Å². The van der Waals surface area contributed by atoms with Gasteiger partial charge in [0, 0.05) is 24.1 Å². The molecule has 136 valence electrons. The Morgan fingerprint density at radius 1 is 1.04 bits per heavy atom. The van der Waals surface area contributed by atoms with Crippen LogP contribution in [0.3, 0.4) is 0 Å². The molecule has 3 aromatic rings. The Morgan fingerprint density at radius 3 is 2.59 bits per heavy atom. The fourth-order valence-corrected chi connectivity index (χ4v) is 3.57. The summed E-state index contributed by atoms with van der Waals surface area (Å²) in [6.45, 7) is 5.16. The van der Waals surface area contributed by atoms with E-state index >= 15 is 0 Å². The summed E-state index contributed by atoms with van der Waals surface area (Å²) in [5, 5.41) is 3.02. The van der Waals surface area contributed by atoms with Gasteiger partial charge in [-0.1, -0.05) is 50.2 Å². The lowest BCUT2D eigenvalue weighted by atomic mass is 10.0. The highest BCUT2D eigenvalue weighted by Crippen LogP contribution is 2.33. The molecule has 0 spiro atoms. The van der Waals surface area contributed by atoms with Crippen molar-refractivity contribution in [1.29, 1.82) is 0 Å². The maximum absolute atomic E-state index is 12.7. The van der Waals surface area contributed by atoms with E-state index < -0.39 is 0 Å². The molecule has 1 amide bonds. The third-order valence-electron chi connectivity index (χ3n) is 5.00. The minimum Gasteiger partial charge on any atom is -0.326 e. The number of carbonyl (C=O) groups is 1.